The number of amides is 1. The molecule has 8 nitrogen and oxygen atoms in total. The summed E-state index contributed by atoms with van der Waals surface area (Å²) >= 11 is 0. The summed E-state index contributed by atoms with van der Waals surface area (Å²) in [7, 11) is 2.16. The van der Waals surface area contributed by atoms with Gasteiger partial charge in [-0.05, 0) is 32.4 Å². The molecule has 1 aromatic carbocycles. The first-order valence-electron chi connectivity index (χ1n) is 12.5. The lowest BCUT2D eigenvalue weighted by Crippen LogP contribution is -2.56. The minimum atomic E-state index is -0.476. The number of piperazine rings is 2. The van der Waals surface area contributed by atoms with Crippen LogP contribution in [0.1, 0.15) is 24.1 Å². The maximum atomic E-state index is 13.9. The first kappa shape index (κ1) is 23.1. The topological polar surface area (TPSA) is 65.0 Å². The zero-order chi connectivity index (χ0) is 23.5. The zero-order valence-corrected chi connectivity index (χ0v) is 20.4. The second-order valence-electron chi connectivity index (χ2n) is 9.80. The molecule has 4 heterocycles. The van der Waals surface area contributed by atoms with Gasteiger partial charge in [-0.3, -0.25) is 4.79 Å². The lowest BCUT2D eigenvalue weighted by atomic mass is 9.73. The molecule has 2 aromatic rings. The van der Waals surface area contributed by atoms with Crippen LogP contribution in [0.5, 0.6) is 0 Å². The van der Waals surface area contributed by atoms with Crippen molar-refractivity contribution >= 4 is 17.7 Å². The largest absolute Gasteiger partial charge is 0.381 e. The Kier molecular flexibility index (Phi) is 6.70. The van der Waals surface area contributed by atoms with E-state index in [4.69, 9.17) is 14.7 Å². The van der Waals surface area contributed by atoms with Gasteiger partial charge in [-0.25, -0.2) is 4.98 Å². The van der Waals surface area contributed by atoms with Gasteiger partial charge in [-0.2, -0.15) is 4.98 Å². The Morgan fingerprint density at radius 2 is 1.53 bits per heavy atom. The molecule has 3 aliphatic rings. The minimum Gasteiger partial charge on any atom is -0.381 e. The minimum absolute atomic E-state index is 0.241. The van der Waals surface area contributed by atoms with E-state index in [1.54, 1.807) is 0 Å². The van der Waals surface area contributed by atoms with E-state index < -0.39 is 5.41 Å². The van der Waals surface area contributed by atoms with Crippen LogP contribution < -0.4 is 9.80 Å². The number of ether oxygens (including phenoxy) is 1. The second-order valence-corrected chi connectivity index (χ2v) is 9.80. The van der Waals surface area contributed by atoms with E-state index in [-0.39, 0.29) is 5.91 Å². The van der Waals surface area contributed by atoms with Crippen molar-refractivity contribution in [2.75, 3.05) is 82.4 Å². The maximum absolute atomic E-state index is 13.9. The molecule has 5 rings (SSSR count). The van der Waals surface area contributed by atoms with Gasteiger partial charge in [-0.15, -0.1) is 0 Å². The molecule has 8 heteroatoms. The van der Waals surface area contributed by atoms with Crippen LogP contribution in [0.4, 0.5) is 11.8 Å². The molecule has 0 atom stereocenters. The molecular weight excluding hydrogens is 428 g/mol. The van der Waals surface area contributed by atoms with E-state index in [2.05, 4.69) is 39.9 Å². The molecule has 3 fully saturated rings. The molecule has 34 heavy (non-hydrogen) atoms. The first-order chi connectivity index (χ1) is 16.5. The number of aryl methyl sites for hydroxylation is 1. The summed E-state index contributed by atoms with van der Waals surface area (Å²) in [6.07, 6.45) is 1.48. The Bertz CT molecular complexity index is 978. The fourth-order valence-corrected chi connectivity index (χ4v) is 5.39. The second kappa shape index (κ2) is 9.88. The fourth-order valence-electron chi connectivity index (χ4n) is 5.39. The summed E-state index contributed by atoms with van der Waals surface area (Å²) < 4.78 is 5.63. The smallest absolute Gasteiger partial charge is 0.233 e. The third-order valence-electron chi connectivity index (χ3n) is 7.59. The van der Waals surface area contributed by atoms with Gasteiger partial charge in [0, 0.05) is 77.3 Å². The molecule has 3 aliphatic heterocycles. The number of benzene rings is 1. The van der Waals surface area contributed by atoms with Crippen LogP contribution in [0.15, 0.2) is 36.4 Å². The van der Waals surface area contributed by atoms with Crippen molar-refractivity contribution < 1.29 is 9.53 Å². The number of anilines is 2. The van der Waals surface area contributed by atoms with Crippen LogP contribution in [0.3, 0.4) is 0 Å². The number of carbonyl (C=O) groups excluding carboxylic acids is 1. The Balaban J connectivity index is 1.29. The molecule has 1 amide bonds. The van der Waals surface area contributed by atoms with Gasteiger partial charge in [0.15, 0.2) is 0 Å². The summed E-state index contributed by atoms with van der Waals surface area (Å²) in [4.78, 5) is 32.5. The van der Waals surface area contributed by atoms with Gasteiger partial charge >= 0.3 is 0 Å². The number of rotatable bonds is 4. The molecule has 0 spiro atoms. The van der Waals surface area contributed by atoms with Crippen LogP contribution in [-0.4, -0.2) is 98.3 Å². The third-order valence-corrected chi connectivity index (χ3v) is 7.59. The average Bonchev–Trinajstić information content (AvgIpc) is 2.89. The monoisotopic (exact) mass is 464 g/mol. The van der Waals surface area contributed by atoms with Gasteiger partial charge in [0.1, 0.15) is 5.82 Å². The predicted molar refractivity (Wildman–Crippen MR) is 133 cm³/mol. The van der Waals surface area contributed by atoms with Crippen molar-refractivity contribution in [2.24, 2.45) is 0 Å². The number of aromatic nitrogens is 2. The predicted octanol–water partition coefficient (Wildman–Crippen LogP) is 1.93. The van der Waals surface area contributed by atoms with Gasteiger partial charge in [0.2, 0.25) is 11.9 Å². The summed E-state index contributed by atoms with van der Waals surface area (Å²) in [6.45, 7) is 10.3. The number of hydrogen-bond acceptors (Lipinski definition) is 7. The summed E-state index contributed by atoms with van der Waals surface area (Å²) in [5.74, 6) is 2.04. The first-order valence-corrected chi connectivity index (χ1v) is 12.5. The number of likely N-dealkylation sites (N-methyl/N-ethyl adjacent to an activating group) is 1. The Hall–Kier alpha value is -2.71. The molecule has 0 aliphatic carbocycles. The number of hydrogen-bond donors (Lipinski definition) is 0. The summed E-state index contributed by atoms with van der Waals surface area (Å²) in [5.41, 5.74) is 1.63. The van der Waals surface area contributed by atoms with Gasteiger partial charge in [0.05, 0.1) is 5.41 Å². The van der Waals surface area contributed by atoms with Crippen LogP contribution in [0.2, 0.25) is 0 Å². The highest BCUT2D eigenvalue weighted by Gasteiger charge is 2.44. The molecule has 182 valence electrons. The highest BCUT2D eigenvalue weighted by Crippen LogP contribution is 2.37. The maximum Gasteiger partial charge on any atom is 0.233 e. The quantitative estimate of drug-likeness (QED) is 0.685. The van der Waals surface area contributed by atoms with Crippen LogP contribution in [0.25, 0.3) is 0 Å². The van der Waals surface area contributed by atoms with E-state index in [1.807, 2.05) is 30.0 Å². The number of nitrogens with zero attached hydrogens (tertiary/aromatic N) is 6. The zero-order valence-electron chi connectivity index (χ0n) is 20.4. The molecule has 0 N–H and O–H groups in total. The van der Waals surface area contributed by atoms with E-state index in [1.165, 1.54) is 0 Å². The highest BCUT2D eigenvalue weighted by molar-refractivity contribution is 5.88. The Morgan fingerprint density at radius 3 is 2.21 bits per heavy atom. The van der Waals surface area contributed by atoms with Crippen molar-refractivity contribution in [3.05, 3.63) is 47.7 Å². The normalized spacial score (nSPS) is 21.5. The van der Waals surface area contributed by atoms with E-state index in [0.717, 1.165) is 75.1 Å². The van der Waals surface area contributed by atoms with E-state index in [0.29, 0.717) is 26.3 Å². The van der Waals surface area contributed by atoms with Crippen molar-refractivity contribution in [2.45, 2.75) is 25.2 Å². The van der Waals surface area contributed by atoms with E-state index in [9.17, 15) is 4.79 Å². The van der Waals surface area contributed by atoms with Crippen molar-refractivity contribution in [1.29, 1.82) is 0 Å². The SMILES string of the molecule is Cc1cc(N2CCN(C)CC2)nc(N2CCN(C(=O)C3(c4ccccc4)CCOCC3)CC2)n1. The van der Waals surface area contributed by atoms with E-state index >= 15 is 0 Å². The molecule has 0 saturated carbocycles. The number of carbonyl (C=O) groups is 1. The van der Waals surface area contributed by atoms with Gasteiger partial charge < -0.3 is 24.3 Å². The molecule has 0 radical (unpaired) electrons. The van der Waals surface area contributed by atoms with Crippen LogP contribution >= 0.6 is 0 Å². The lowest BCUT2D eigenvalue weighted by Gasteiger charge is -2.43. The third kappa shape index (κ3) is 4.61. The Morgan fingerprint density at radius 1 is 0.882 bits per heavy atom. The Labute approximate surface area is 202 Å². The standard InChI is InChI=1S/C26H36N6O2/c1-21-20-23(30-12-10-29(2)11-13-30)28-25(27-21)32-16-14-31(15-17-32)24(33)26(8-18-34-19-9-26)22-6-4-3-5-7-22/h3-7,20H,8-19H2,1-2H3. The van der Waals surface area contributed by atoms with Crippen molar-refractivity contribution in [3.8, 4) is 0 Å². The summed E-state index contributed by atoms with van der Waals surface area (Å²) in [6, 6.07) is 12.4. The van der Waals surface area contributed by atoms with Crippen LogP contribution in [0, 0.1) is 6.92 Å². The lowest BCUT2D eigenvalue weighted by molar-refractivity contribution is -0.141. The average molecular weight is 465 g/mol. The van der Waals surface area contributed by atoms with Crippen molar-refractivity contribution in [1.82, 2.24) is 19.8 Å². The molecule has 0 bridgehead atoms. The molecule has 0 unspecified atom stereocenters. The van der Waals surface area contributed by atoms with Gasteiger partial charge in [-0.1, -0.05) is 30.3 Å². The summed E-state index contributed by atoms with van der Waals surface area (Å²) in [5, 5.41) is 0. The van der Waals surface area contributed by atoms with Gasteiger partial charge in [0.25, 0.3) is 0 Å². The van der Waals surface area contributed by atoms with Crippen molar-refractivity contribution in [3.63, 3.8) is 0 Å². The fraction of sp³-hybridized carbons (Fsp3) is 0.577. The molecular formula is C26H36N6O2. The molecule has 1 aromatic heterocycles. The highest BCUT2D eigenvalue weighted by atomic mass is 16.5. The van der Waals surface area contributed by atoms with Crippen LogP contribution in [-0.2, 0) is 14.9 Å². The molecule has 3 saturated heterocycles.